The quantitative estimate of drug-likeness (QED) is 0.518. The molecule has 30 heavy (non-hydrogen) atoms. The van der Waals surface area contributed by atoms with E-state index in [4.69, 9.17) is 27.9 Å². The number of ether oxygens (including phenoxy) is 1. The number of H-pyrrole nitrogens is 1. The highest BCUT2D eigenvalue weighted by Crippen LogP contribution is 2.46. The van der Waals surface area contributed by atoms with Gasteiger partial charge in [0.1, 0.15) is 0 Å². The van der Waals surface area contributed by atoms with Crippen molar-refractivity contribution in [1.29, 1.82) is 0 Å². The minimum absolute atomic E-state index is 0.0363. The Morgan fingerprint density at radius 2 is 2.07 bits per heavy atom. The third-order valence-corrected chi connectivity index (χ3v) is 6.62. The van der Waals surface area contributed by atoms with Gasteiger partial charge in [-0.2, -0.15) is 8.78 Å². The number of halogens is 4. The summed E-state index contributed by atoms with van der Waals surface area (Å²) in [7, 11) is 1.48. The molecule has 0 bridgehead atoms. The van der Waals surface area contributed by atoms with Gasteiger partial charge in [-0.25, -0.2) is 9.97 Å². The average Bonchev–Trinajstić information content (AvgIpc) is 3.12. The molecule has 11 heteroatoms. The zero-order valence-corrected chi connectivity index (χ0v) is 18.2. The predicted molar refractivity (Wildman–Crippen MR) is 112 cm³/mol. The zero-order valence-electron chi connectivity index (χ0n) is 15.9. The lowest BCUT2D eigenvalue weighted by atomic mass is 9.96. The molecular weight excluding hydrogens is 457 g/mol. The number of methoxy groups -OCH3 is 1. The molecule has 6 nitrogen and oxygen atoms in total. The highest BCUT2D eigenvalue weighted by molar-refractivity contribution is 7.99. The summed E-state index contributed by atoms with van der Waals surface area (Å²) in [5, 5.41) is 1.02. The van der Waals surface area contributed by atoms with E-state index < -0.39 is 11.8 Å². The number of alkyl halides is 2. The first-order valence-electron chi connectivity index (χ1n) is 8.96. The molecule has 1 aliphatic heterocycles. The van der Waals surface area contributed by atoms with Crippen molar-refractivity contribution in [2.24, 2.45) is 0 Å². The summed E-state index contributed by atoms with van der Waals surface area (Å²) in [5.41, 5.74) is 2.09. The summed E-state index contributed by atoms with van der Waals surface area (Å²) >= 11 is 12.9. The van der Waals surface area contributed by atoms with E-state index in [9.17, 15) is 13.6 Å². The van der Waals surface area contributed by atoms with Gasteiger partial charge < -0.3 is 14.6 Å². The number of rotatable bonds is 4. The van der Waals surface area contributed by atoms with E-state index in [1.807, 2.05) is 6.92 Å². The SMILES string of the molecule is COc1cnc(C(=O)N2CCc3[nH]c4c(Cl)c(Cl)cc(SC(F)F)c4c3[C@@H]2C)nc1. The molecule has 0 fully saturated rings. The summed E-state index contributed by atoms with van der Waals surface area (Å²) in [6.07, 6.45) is 3.35. The van der Waals surface area contributed by atoms with E-state index >= 15 is 0 Å². The van der Waals surface area contributed by atoms with Crippen molar-refractivity contribution in [3.63, 3.8) is 0 Å². The van der Waals surface area contributed by atoms with Crippen LogP contribution in [0.2, 0.25) is 10.0 Å². The fourth-order valence-electron chi connectivity index (χ4n) is 3.72. The fraction of sp³-hybridized carbons (Fsp3) is 0.316. The first-order chi connectivity index (χ1) is 14.3. The van der Waals surface area contributed by atoms with Crippen LogP contribution in [0.25, 0.3) is 10.9 Å². The molecule has 4 rings (SSSR count). The Balaban J connectivity index is 1.78. The topological polar surface area (TPSA) is 71.1 Å². The maximum atomic E-state index is 13.2. The van der Waals surface area contributed by atoms with Crippen molar-refractivity contribution >= 4 is 51.8 Å². The number of aromatic nitrogens is 3. The Kier molecular flexibility index (Phi) is 5.78. The molecule has 0 aliphatic carbocycles. The normalized spacial score (nSPS) is 16.2. The maximum absolute atomic E-state index is 13.2. The minimum Gasteiger partial charge on any atom is -0.494 e. The van der Waals surface area contributed by atoms with Crippen LogP contribution in [0, 0.1) is 0 Å². The molecule has 0 saturated heterocycles. The fourth-order valence-corrected chi connectivity index (χ4v) is 4.90. The molecule has 158 valence electrons. The Hall–Kier alpha value is -2.10. The summed E-state index contributed by atoms with van der Waals surface area (Å²) in [4.78, 5) is 26.3. The van der Waals surface area contributed by atoms with Crippen molar-refractivity contribution in [2.45, 2.75) is 30.0 Å². The molecule has 1 aromatic carbocycles. The van der Waals surface area contributed by atoms with Gasteiger partial charge in [-0.3, -0.25) is 4.79 Å². The van der Waals surface area contributed by atoms with Gasteiger partial charge in [-0.15, -0.1) is 0 Å². The number of thioether (sulfide) groups is 1. The molecule has 0 spiro atoms. The summed E-state index contributed by atoms with van der Waals surface area (Å²) in [5.74, 6) is -2.50. The Bertz CT molecular complexity index is 1120. The van der Waals surface area contributed by atoms with Crippen LogP contribution in [0.4, 0.5) is 8.78 Å². The van der Waals surface area contributed by atoms with Crippen LogP contribution >= 0.6 is 35.0 Å². The summed E-state index contributed by atoms with van der Waals surface area (Å²) in [6.45, 7) is 2.25. The standard InChI is InChI=1S/C19H16Cl2F2N4O2S/c1-8-13-11(3-4-27(8)18(28)17-24-6-9(29-2)7-25-17)26-16-14(13)12(30-19(22)23)5-10(20)15(16)21/h5-8,19,26H,3-4H2,1-2H3/t8-/m0/s1. The van der Waals surface area contributed by atoms with Crippen LogP contribution in [0.1, 0.15) is 34.8 Å². The highest BCUT2D eigenvalue weighted by atomic mass is 35.5. The summed E-state index contributed by atoms with van der Waals surface area (Å²) < 4.78 is 31.4. The van der Waals surface area contributed by atoms with E-state index in [1.165, 1.54) is 25.6 Å². The van der Waals surface area contributed by atoms with Gasteiger partial charge in [0.2, 0.25) is 5.82 Å². The second-order valence-electron chi connectivity index (χ2n) is 6.69. The van der Waals surface area contributed by atoms with E-state index in [1.54, 1.807) is 4.90 Å². The number of nitrogens with zero attached hydrogens (tertiary/aromatic N) is 3. The Morgan fingerprint density at radius 1 is 1.37 bits per heavy atom. The van der Waals surface area contributed by atoms with Gasteiger partial charge in [0.25, 0.3) is 11.7 Å². The number of carbonyl (C=O) groups excluding carboxylic acids is 1. The maximum Gasteiger partial charge on any atom is 0.292 e. The number of amides is 1. The molecule has 0 unspecified atom stereocenters. The molecule has 1 aliphatic rings. The lowest BCUT2D eigenvalue weighted by Gasteiger charge is -2.33. The van der Waals surface area contributed by atoms with Crippen LogP contribution in [0.5, 0.6) is 5.75 Å². The van der Waals surface area contributed by atoms with Crippen molar-refractivity contribution in [2.75, 3.05) is 13.7 Å². The number of carbonyl (C=O) groups is 1. The molecule has 1 atom stereocenters. The Labute approximate surface area is 184 Å². The van der Waals surface area contributed by atoms with Gasteiger partial charge in [0.15, 0.2) is 5.75 Å². The lowest BCUT2D eigenvalue weighted by molar-refractivity contribution is 0.0665. The molecule has 3 heterocycles. The van der Waals surface area contributed by atoms with Gasteiger partial charge >= 0.3 is 0 Å². The first kappa shape index (κ1) is 21.1. The van der Waals surface area contributed by atoms with Gasteiger partial charge in [0.05, 0.1) is 41.1 Å². The molecule has 0 saturated carbocycles. The number of nitrogens with one attached hydrogen (secondary N) is 1. The smallest absolute Gasteiger partial charge is 0.292 e. The molecule has 3 aromatic rings. The molecule has 1 amide bonds. The Morgan fingerprint density at radius 3 is 2.70 bits per heavy atom. The number of hydrogen-bond donors (Lipinski definition) is 1. The number of hydrogen-bond acceptors (Lipinski definition) is 5. The van der Waals surface area contributed by atoms with Crippen molar-refractivity contribution < 1.29 is 18.3 Å². The minimum atomic E-state index is -2.62. The third-order valence-electron chi connectivity index (χ3n) is 5.07. The van der Waals surface area contributed by atoms with Crippen LogP contribution in [-0.2, 0) is 6.42 Å². The average molecular weight is 473 g/mol. The lowest BCUT2D eigenvalue weighted by Crippen LogP contribution is -2.39. The van der Waals surface area contributed by atoms with Crippen LogP contribution in [0.3, 0.4) is 0 Å². The van der Waals surface area contributed by atoms with Crippen molar-refractivity contribution in [3.8, 4) is 5.75 Å². The molecule has 2 aromatic heterocycles. The molecular formula is C19H16Cl2F2N4O2S. The van der Waals surface area contributed by atoms with E-state index in [0.29, 0.717) is 46.3 Å². The number of aromatic amines is 1. The number of benzene rings is 1. The summed E-state index contributed by atoms with van der Waals surface area (Å²) in [6, 6.07) is 1.03. The second kappa shape index (κ2) is 8.20. The van der Waals surface area contributed by atoms with Crippen LogP contribution in [-0.4, -0.2) is 45.2 Å². The van der Waals surface area contributed by atoms with Crippen molar-refractivity contribution in [3.05, 3.63) is 45.6 Å². The third kappa shape index (κ3) is 3.59. The number of fused-ring (bicyclic) bond motifs is 3. The van der Waals surface area contributed by atoms with E-state index in [0.717, 1.165) is 11.3 Å². The van der Waals surface area contributed by atoms with Crippen LogP contribution < -0.4 is 4.74 Å². The largest absolute Gasteiger partial charge is 0.494 e. The molecule has 1 N–H and O–H groups in total. The zero-order chi connectivity index (χ0) is 21.6. The van der Waals surface area contributed by atoms with E-state index in [-0.39, 0.29) is 21.8 Å². The van der Waals surface area contributed by atoms with Crippen LogP contribution in [0.15, 0.2) is 23.4 Å². The monoisotopic (exact) mass is 472 g/mol. The molecule has 0 radical (unpaired) electrons. The predicted octanol–water partition coefficient (Wildman–Crippen LogP) is 5.35. The van der Waals surface area contributed by atoms with E-state index in [2.05, 4.69) is 15.0 Å². The van der Waals surface area contributed by atoms with Gasteiger partial charge in [-0.05, 0) is 13.0 Å². The first-order valence-corrected chi connectivity index (χ1v) is 10.6. The van der Waals surface area contributed by atoms with Gasteiger partial charge in [0, 0.05) is 34.5 Å². The van der Waals surface area contributed by atoms with Crippen molar-refractivity contribution in [1.82, 2.24) is 19.9 Å². The second-order valence-corrected chi connectivity index (χ2v) is 8.50. The van der Waals surface area contributed by atoms with Gasteiger partial charge in [-0.1, -0.05) is 35.0 Å². The highest BCUT2D eigenvalue weighted by Gasteiger charge is 2.34.